The third-order valence-electron chi connectivity index (χ3n) is 14.4. The van der Waals surface area contributed by atoms with Crippen LogP contribution in [0.4, 0.5) is 0 Å². The molecule has 51 heavy (non-hydrogen) atoms. The van der Waals surface area contributed by atoms with Crippen molar-refractivity contribution in [2.24, 2.45) is 40.4 Å². The molecule has 1 unspecified atom stereocenters. The molecule has 292 valence electrons. The SMILES string of the molecule is CC(C)CCC(=O)[C@H](C)[C@@]1(O)[C@@H](O[C@@H]2OC[C@H](O)[C@H](O)[C@H]2O)C[C@H]2[C@@H]3CC=C4C[C@@H](O[C@@H]5O[C@H](CO)[C@@H](O)[C@H](O)C5O)CC[C@]4(C)[C@H]3CC[C@@]21C. The smallest absolute Gasteiger partial charge is 0.186 e. The summed E-state index contributed by atoms with van der Waals surface area (Å²) in [5.41, 5.74) is -1.15. The number of aliphatic hydroxyl groups excluding tert-OH is 7. The number of rotatable bonds is 10. The van der Waals surface area contributed by atoms with Crippen LogP contribution in [-0.4, -0.2) is 133 Å². The van der Waals surface area contributed by atoms with Gasteiger partial charge in [0.25, 0.3) is 0 Å². The van der Waals surface area contributed by atoms with Crippen molar-refractivity contribution in [1.29, 1.82) is 0 Å². The van der Waals surface area contributed by atoms with Crippen molar-refractivity contribution in [2.45, 2.75) is 166 Å². The Morgan fingerprint density at radius 2 is 1.63 bits per heavy atom. The van der Waals surface area contributed by atoms with Gasteiger partial charge in [-0.25, -0.2) is 0 Å². The normalized spacial score (nSPS) is 50.6. The van der Waals surface area contributed by atoms with Crippen molar-refractivity contribution >= 4 is 5.78 Å². The predicted octanol–water partition coefficient (Wildman–Crippen LogP) is 0.941. The van der Waals surface area contributed by atoms with Gasteiger partial charge >= 0.3 is 0 Å². The van der Waals surface area contributed by atoms with Gasteiger partial charge in [0.05, 0.1) is 25.4 Å². The van der Waals surface area contributed by atoms with Crippen LogP contribution in [0.3, 0.4) is 0 Å². The fourth-order valence-corrected chi connectivity index (χ4v) is 11.0. The number of aliphatic hydroxyl groups is 8. The molecule has 0 aromatic heterocycles. The molecule has 0 aromatic rings. The highest BCUT2D eigenvalue weighted by Crippen LogP contribution is 2.69. The molecule has 18 atom stereocenters. The van der Waals surface area contributed by atoms with Gasteiger partial charge in [0.2, 0.25) is 0 Å². The van der Waals surface area contributed by atoms with Crippen molar-refractivity contribution in [1.82, 2.24) is 0 Å². The number of allylic oxidation sites excluding steroid dienone is 1. The molecule has 8 N–H and O–H groups in total. The van der Waals surface area contributed by atoms with Crippen molar-refractivity contribution in [2.75, 3.05) is 13.2 Å². The topological polar surface area (TPSA) is 216 Å². The van der Waals surface area contributed by atoms with Crippen LogP contribution in [0.5, 0.6) is 0 Å². The van der Waals surface area contributed by atoms with Crippen molar-refractivity contribution in [3.05, 3.63) is 11.6 Å². The third-order valence-corrected chi connectivity index (χ3v) is 14.4. The minimum atomic E-state index is -1.57. The summed E-state index contributed by atoms with van der Waals surface area (Å²) in [6, 6.07) is 0. The Kier molecular flexibility index (Phi) is 11.6. The number of carbonyl (C=O) groups is 1. The summed E-state index contributed by atoms with van der Waals surface area (Å²) in [5.74, 6) is 0.00525. The van der Waals surface area contributed by atoms with Crippen LogP contribution in [0.25, 0.3) is 0 Å². The van der Waals surface area contributed by atoms with Crippen LogP contribution in [0, 0.1) is 40.4 Å². The van der Waals surface area contributed by atoms with Crippen LogP contribution >= 0.6 is 0 Å². The largest absolute Gasteiger partial charge is 0.394 e. The first kappa shape index (κ1) is 39.6. The quantitative estimate of drug-likeness (QED) is 0.147. The molecule has 0 aromatic carbocycles. The average molecular weight is 727 g/mol. The van der Waals surface area contributed by atoms with Gasteiger partial charge in [-0.1, -0.05) is 46.3 Å². The summed E-state index contributed by atoms with van der Waals surface area (Å²) in [6.07, 6.45) is -5.17. The number of ether oxygens (including phenoxy) is 4. The van der Waals surface area contributed by atoms with Crippen LogP contribution in [-0.2, 0) is 23.7 Å². The van der Waals surface area contributed by atoms with Crippen molar-refractivity contribution in [3.8, 4) is 0 Å². The standard InChI is InChI=1S/C38H62O13/c1-18(2)6-9-25(40)19(3)38(47)28(51-34-32(45)29(42)26(41)17-48-34)15-24-22-8-7-20-14-21(10-12-36(20,4)23(22)11-13-37(24,38)5)49-35-33(46)31(44)30(43)27(16-39)50-35/h7,18-19,21-24,26-35,39,41-47H,6,8-17H2,1-5H3/t19-,21-,22+,23-,24-,26-,27+,28-,29-,30+,31-,32+,33?,34-,35+,36-,37-,38+/m0/s1. The van der Waals surface area contributed by atoms with Crippen LogP contribution in [0.1, 0.15) is 92.4 Å². The Morgan fingerprint density at radius 3 is 2.31 bits per heavy atom. The second-order valence-corrected chi connectivity index (χ2v) is 17.5. The van der Waals surface area contributed by atoms with Gasteiger partial charge in [-0.3, -0.25) is 4.79 Å². The van der Waals surface area contributed by atoms with E-state index in [-0.39, 0.29) is 41.7 Å². The van der Waals surface area contributed by atoms with Gasteiger partial charge in [0, 0.05) is 17.8 Å². The Morgan fingerprint density at radius 1 is 0.922 bits per heavy atom. The van der Waals surface area contributed by atoms with E-state index in [0.29, 0.717) is 44.4 Å². The monoisotopic (exact) mass is 726 g/mol. The zero-order chi connectivity index (χ0) is 37.2. The molecule has 0 amide bonds. The van der Waals surface area contributed by atoms with Gasteiger partial charge in [-0.15, -0.1) is 0 Å². The van der Waals surface area contributed by atoms with Crippen LogP contribution in [0.15, 0.2) is 11.6 Å². The summed E-state index contributed by atoms with van der Waals surface area (Å²) < 4.78 is 23.9. The molecule has 0 bridgehead atoms. The van der Waals surface area contributed by atoms with E-state index >= 15 is 0 Å². The molecule has 0 spiro atoms. The first-order valence-electron chi connectivity index (χ1n) is 19.2. The zero-order valence-corrected chi connectivity index (χ0v) is 30.7. The highest BCUT2D eigenvalue weighted by atomic mass is 16.7. The Labute approximate surface area is 300 Å². The molecular formula is C38H62O13. The van der Waals surface area contributed by atoms with E-state index in [1.807, 2.05) is 0 Å². The second-order valence-electron chi connectivity index (χ2n) is 17.5. The molecule has 6 aliphatic rings. The van der Waals surface area contributed by atoms with E-state index < -0.39 is 85.0 Å². The Balaban J connectivity index is 1.24. The number of hydrogen-bond acceptors (Lipinski definition) is 13. The molecule has 6 rings (SSSR count). The minimum Gasteiger partial charge on any atom is -0.394 e. The van der Waals surface area contributed by atoms with Crippen molar-refractivity contribution < 1.29 is 64.6 Å². The Hall–Kier alpha value is -1.07. The average Bonchev–Trinajstić information content (AvgIpc) is 3.33. The molecule has 0 radical (unpaired) electrons. The van der Waals surface area contributed by atoms with Gasteiger partial charge in [0.1, 0.15) is 54.1 Å². The maximum Gasteiger partial charge on any atom is 0.186 e. The molecule has 2 aliphatic heterocycles. The second kappa shape index (κ2) is 14.9. The minimum absolute atomic E-state index is 0.0134. The Bertz CT molecular complexity index is 1280. The van der Waals surface area contributed by atoms with E-state index in [1.54, 1.807) is 6.92 Å². The fraction of sp³-hybridized carbons (Fsp3) is 0.921. The number of hydrogen-bond donors (Lipinski definition) is 8. The number of Topliss-reactive ketones (excluding diaryl/α,β-unsaturated/α-hetero) is 1. The maximum absolute atomic E-state index is 13.8. The van der Waals surface area contributed by atoms with E-state index in [0.717, 1.165) is 19.3 Å². The number of ketones is 1. The predicted molar refractivity (Wildman–Crippen MR) is 182 cm³/mol. The van der Waals surface area contributed by atoms with Gasteiger partial charge in [-0.2, -0.15) is 0 Å². The maximum atomic E-state index is 13.8. The molecule has 13 nitrogen and oxygen atoms in total. The van der Waals surface area contributed by atoms with E-state index in [2.05, 4.69) is 33.8 Å². The number of carbonyl (C=O) groups excluding carboxylic acids is 1. The molecular weight excluding hydrogens is 664 g/mol. The molecule has 3 saturated carbocycles. The lowest BCUT2D eigenvalue weighted by atomic mass is 9.46. The lowest BCUT2D eigenvalue weighted by molar-refractivity contribution is -0.313. The van der Waals surface area contributed by atoms with Crippen LogP contribution in [0.2, 0.25) is 0 Å². The van der Waals surface area contributed by atoms with Crippen molar-refractivity contribution in [3.63, 3.8) is 0 Å². The summed E-state index contributed by atoms with van der Waals surface area (Å²) in [7, 11) is 0. The van der Waals surface area contributed by atoms with E-state index in [4.69, 9.17) is 18.9 Å². The summed E-state index contributed by atoms with van der Waals surface area (Å²) in [5, 5.41) is 85.0. The molecule has 4 aliphatic carbocycles. The lowest BCUT2D eigenvalue weighted by Crippen LogP contribution is -2.62. The molecule has 2 saturated heterocycles. The van der Waals surface area contributed by atoms with Gasteiger partial charge < -0.3 is 59.8 Å². The van der Waals surface area contributed by atoms with Gasteiger partial charge in [0.15, 0.2) is 12.6 Å². The zero-order valence-electron chi connectivity index (χ0n) is 30.7. The van der Waals surface area contributed by atoms with Gasteiger partial charge in [-0.05, 0) is 80.5 Å². The molecule has 5 fully saturated rings. The highest BCUT2D eigenvalue weighted by molar-refractivity contribution is 5.82. The van der Waals surface area contributed by atoms with Crippen LogP contribution < -0.4 is 0 Å². The van der Waals surface area contributed by atoms with E-state index in [1.165, 1.54) is 5.57 Å². The summed E-state index contributed by atoms with van der Waals surface area (Å²) >= 11 is 0. The third kappa shape index (κ3) is 6.69. The highest BCUT2D eigenvalue weighted by Gasteiger charge is 2.70. The molecule has 13 heteroatoms. The fourth-order valence-electron chi connectivity index (χ4n) is 11.0. The van der Waals surface area contributed by atoms with E-state index in [9.17, 15) is 45.6 Å². The first-order valence-corrected chi connectivity index (χ1v) is 19.2. The summed E-state index contributed by atoms with van der Waals surface area (Å²) in [4.78, 5) is 13.8. The first-order chi connectivity index (χ1) is 24.0. The summed E-state index contributed by atoms with van der Waals surface area (Å²) in [6.45, 7) is 9.57. The number of fused-ring (bicyclic) bond motifs is 5. The lowest BCUT2D eigenvalue weighted by Gasteiger charge is -2.59. The molecule has 2 heterocycles.